The number of primary amides is 1. The highest BCUT2D eigenvalue weighted by atomic mass is 16.4. The van der Waals surface area contributed by atoms with E-state index in [-0.39, 0.29) is 18.7 Å². The number of nitrogens with two attached hydrogens (primary N) is 3. The third-order valence-corrected chi connectivity index (χ3v) is 1.72. The van der Waals surface area contributed by atoms with Gasteiger partial charge in [0, 0.05) is 12.8 Å². The van der Waals surface area contributed by atoms with Crippen molar-refractivity contribution >= 4 is 11.9 Å². The first kappa shape index (κ1) is 17.3. The lowest BCUT2D eigenvalue weighted by molar-refractivity contribution is -0.137. The van der Waals surface area contributed by atoms with Crippen LogP contribution in [0.15, 0.2) is 0 Å². The second-order valence-corrected chi connectivity index (χ2v) is 3.35. The number of amides is 1. The van der Waals surface area contributed by atoms with Crippen LogP contribution in [0.4, 0.5) is 0 Å². The van der Waals surface area contributed by atoms with Crippen LogP contribution >= 0.6 is 0 Å². The molecular formula is C10H23N3O3. The highest BCUT2D eigenvalue weighted by Crippen LogP contribution is 1.98. The molecule has 7 N–H and O–H groups in total. The molecule has 0 aromatic rings. The van der Waals surface area contributed by atoms with E-state index in [2.05, 4.69) is 0 Å². The third-order valence-electron chi connectivity index (χ3n) is 1.72. The minimum atomic E-state index is -0.829. The van der Waals surface area contributed by atoms with Crippen LogP contribution in [0.3, 0.4) is 0 Å². The van der Waals surface area contributed by atoms with Gasteiger partial charge in [0.05, 0.1) is 0 Å². The molecule has 0 aromatic carbocycles. The van der Waals surface area contributed by atoms with Gasteiger partial charge in [-0.1, -0.05) is 0 Å². The number of unbranched alkanes of at least 4 members (excludes halogenated alkanes) is 2. The van der Waals surface area contributed by atoms with Gasteiger partial charge in [0.1, 0.15) is 0 Å². The number of aliphatic carboxylic acids is 1. The van der Waals surface area contributed by atoms with Crippen LogP contribution in [0.25, 0.3) is 0 Å². The first-order chi connectivity index (χ1) is 7.54. The Hall–Kier alpha value is -1.14. The molecule has 0 rings (SSSR count). The largest absolute Gasteiger partial charge is 0.481 e. The minimum absolute atomic E-state index is 0.118. The summed E-state index contributed by atoms with van der Waals surface area (Å²) in [6.45, 7) is 1.55. The molecule has 16 heavy (non-hydrogen) atoms. The van der Waals surface area contributed by atoms with E-state index in [9.17, 15) is 9.59 Å². The van der Waals surface area contributed by atoms with Gasteiger partial charge in [-0.2, -0.15) is 0 Å². The maximum Gasteiger partial charge on any atom is 0.303 e. The van der Waals surface area contributed by atoms with Crippen molar-refractivity contribution in [1.82, 2.24) is 0 Å². The zero-order valence-electron chi connectivity index (χ0n) is 9.65. The number of carbonyl (C=O) groups excluding carboxylic acids is 1. The summed E-state index contributed by atoms with van der Waals surface area (Å²) >= 11 is 0. The first-order valence-corrected chi connectivity index (χ1v) is 5.44. The molecule has 0 aliphatic carbocycles. The topological polar surface area (TPSA) is 132 Å². The number of hydrogen-bond acceptors (Lipinski definition) is 4. The van der Waals surface area contributed by atoms with Crippen LogP contribution in [-0.2, 0) is 9.59 Å². The second kappa shape index (κ2) is 13.9. The van der Waals surface area contributed by atoms with Gasteiger partial charge in [-0.15, -0.1) is 0 Å². The van der Waals surface area contributed by atoms with Crippen LogP contribution in [0.5, 0.6) is 0 Å². The molecule has 1 amide bonds. The second-order valence-electron chi connectivity index (χ2n) is 3.35. The molecule has 0 spiro atoms. The van der Waals surface area contributed by atoms with E-state index in [0.29, 0.717) is 12.8 Å². The van der Waals surface area contributed by atoms with Crippen molar-refractivity contribution in [3.05, 3.63) is 0 Å². The molecule has 6 nitrogen and oxygen atoms in total. The summed E-state index contributed by atoms with van der Waals surface area (Å²) in [5, 5.41) is 8.16. The summed E-state index contributed by atoms with van der Waals surface area (Å²) in [6, 6.07) is 0. The highest BCUT2D eigenvalue weighted by molar-refractivity contribution is 5.73. The van der Waals surface area contributed by atoms with Gasteiger partial charge in [-0.25, -0.2) is 0 Å². The van der Waals surface area contributed by atoms with E-state index in [4.69, 9.17) is 22.3 Å². The van der Waals surface area contributed by atoms with Crippen LogP contribution in [-0.4, -0.2) is 30.1 Å². The van der Waals surface area contributed by atoms with Gasteiger partial charge in [0.25, 0.3) is 0 Å². The minimum Gasteiger partial charge on any atom is -0.481 e. The summed E-state index contributed by atoms with van der Waals surface area (Å²) in [5.74, 6) is -1.20. The average molecular weight is 233 g/mol. The van der Waals surface area contributed by atoms with Gasteiger partial charge in [0.15, 0.2) is 0 Å². The van der Waals surface area contributed by atoms with E-state index in [0.717, 1.165) is 25.9 Å². The molecule has 0 aromatic heterocycles. The van der Waals surface area contributed by atoms with Crippen molar-refractivity contribution in [3.63, 3.8) is 0 Å². The summed E-state index contributed by atoms with van der Waals surface area (Å²) < 4.78 is 0. The van der Waals surface area contributed by atoms with E-state index >= 15 is 0 Å². The van der Waals surface area contributed by atoms with Crippen LogP contribution in [0, 0.1) is 0 Å². The van der Waals surface area contributed by atoms with Crippen molar-refractivity contribution in [1.29, 1.82) is 0 Å². The van der Waals surface area contributed by atoms with E-state index < -0.39 is 5.97 Å². The van der Waals surface area contributed by atoms with Gasteiger partial charge >= 0.3 is 5.97 Å². The fourth-order valence-electron chi connectivity index (χ4n) is 0.864. The molecule has 0 radical (unpaired) electrons. The van der Waals surface area contributed by atoms with Crippen molar-refractivity contribution in [3.8, 4) is 0 Å². The maximum atomic E-state index is 10.1. The third kappa shape index (κ3) is 23.0. The van der Waals surface area contributed by atoms with Crippen molar-refractivity contribution in [2.75, 3.05) is 13.1 Å². The SMILES string of the molecule is NC(=O)CCCCC(=O)O.NCCCCN. The monoisotopic (exact) mass is 233 g/mol. The highest BCUT2D eigenvalue weighted by Gasteiger charge is 1.97. The number of carbonyl (C=O) groups is 2. The first-order valence-electron chi connectivity index (χ1n) is 5.44. The van der Waals surface area contributed by atoms with E-state index in [1.807, 2.05) is 0 Å². The lowest BCUT2D eigenvalue weighted by Crippen LogP contribution is -2.09. The van der Waals surface area contributed by atoms with Crippen LogP contribution in [0.1, 0.15) is 38.5 Å². The Kier molecular flexibility index (Phi) is 15.0. The summed E-state index contributed by atoms with van der Waals surface area (Å²) in [5.41, 5.74) is 15.1. The lowest BCUT2D eigenvalue weighted by Gasteiger charge is -1.92. The molecule has 0 unspecified atom stereocenters. The summed E-state index contributed by atoms with van der Waals surface area (Å²) in [4.78, 5) is 20.0. The number of carboxylic acids is 1. The van der Waals surface area contributed by atoms with E-state index in [1.165, 1.54) is 0 Å². The standard InChI is InChI=1S/C6H11NO3.C4H12N2/c7-5(8)3-1-2-4-6(9)10;5-3-1-2-4-6/h1-4H2,(H2,7,8)(H,9,10);1-6H2. The Morgan fingerprint density at radius 1 is 0.875 bits per heavy atom. The van der Waals surface area contributed by atoms with Gasteiger partial charge in [-0.3, -0.25) is 9.59 Å². The Balaban J connectivity index is 0. The smallest absolute Gasteiger partial charge is 0.303 e. The maximum absolute atomic E-state index is 10.1. The number of hydrogen-bond donors (Lipinski definition) is 4. The fourth-order valence-corrected chi connectivity index (χ4v) is 0.864. The summed E-state index contributed by atoms with van der Waals surface area (Å²) in [7, 11) is 0. The molecule has 0 aliphatic rings. The molecule has 6 heteroatoms. The Bertz CT molecular complexity index is 166. The fraction of sp³-hybridized carbons (Fsp3) is 0.800. The number of carboxylic acid groups (broad SMARTS) is 1. The van der Waals surface area contributed by atoms with Gasteiger partial charge < -0.3 is 22.3 Å². The predicted molar refractivity (Wildman–Crippen MR) is 62.6 cm³/mol. The molecule has 0 bridgehead atoms. The molecule has 0 atom stereocenters. The molecular weight excluding hydrogens is 210 g/mol. The van der Waals surface area contributed by atoms with Crippen LogP contribution in [0.2, 0.25) is 0 Å². The zero-order valence-corrected chi connectivity index (χ0v) is 9.65. The summed E-state index contributed by atoms with van der Waals surface area (Å²) in [6.07, 6.45) is 3.63. The molecule has 0 saturated carbocycles. The van der Waals surface area contributed by atoms with Crippen molar-refractivity contribution in [2.45, 2.75) is 38.5 Å². The molecule has 0 aliphatic heterocycles. The predicted octanol–water partition coefficient (Wildman–Crippen LogP) is -0.199. The molecule has 0 fully saturated rings. The van der Waals surface area contributed by atoms with Gasteiger partial charge in [0.2, 0.25) is 5.91 Å². The Labute approximate surface area is 96.2 Å². The average Bonchev–Trinajstić information content (AvgIpc) is 2.22. The van der Waals surface area contributed by atoms with Crippen molar-refractivity contribution < 1.29 is 14.7 Å². The Morgan fingerprint density at radius 3 is 1.62 bits per heavy atom. The van der Waals surface area contributed by atoms with Crippen LogP contribution < -0.4 is 17.2 Å². The number of rotatable bonds is 8. The molecule has 0 heterocycles. The van der Waals surface area contributed by atoms with Gasteiger partial charge in [-0.05, 0) is 38.8 Å². The lowest BCUT2D eigenvalue weighted by atomic mass is 10.2. The normalized spacial score (nSPS) is 9.12. The zero-order chi connectivity index (χ0) is 12.8. The quantitative estimate of drug-likeness (QED) is 0.431. The molecule has 0 saturated heterocycles. The Morgan fingerprint density at radius 2 is 1.31 bits per heavy atom. The van der Waals surface area contributed by atoms with Crippen molar-refractivity contribution in [2.24, 2.45) is 17.2 Å². The van der Waals surface area contributed by atoms with E-state index in [1.54, 1.807) is 0 Å². The molecule has 96 valence electrons.